The molecule has 2 aromatic carbocycles. The highest BCUT2D eigenvalue weighted by Gasteiger charge is 2.54. The van der Waals surface area contributed by atoms with E-state index in [9.17, 15) is 13.2 Å². The quantitative estimate of drug-likeness (QED) is 0.648. The molecule has 7 heteroatoms. The van der Waals surface area contributed by atoms with E-state index in [2.05, 4.69) is 11.0 Å². The lowest BCUT2D eigenvalue weighted by Gasteiger charge is -2.34. The summed E-state index contributed by atoms with van der Waals surface area (Å²) in [7, 11) is -3.81. The lowest BCUT2D eigenvalue weighted by Crippen LogP contribution is -2.53. The number of sulfone groups is 1. The summed E-state index contributed by atoms with van der Waals surface area (Å²) in [4.78, 5) is 18.3. The Kier molecular flexibility index (Phi) is 7.11. The van der Waals surface area contributed by atoms with Crippen LogP contribution in [0.2, 0.25) is 0 Å². The van der Waals surface area contributed by atoms with Crippen molar-refractivity contribution in [2.24, 2.45) is 0 Å². The molecule has 0 spiro atoms. The Balaban J connectivity index is 1.53. The molecular formula is C27H33N3O3S. The second-order valence-corrected chi connectivity index (χ2v) is 11.9. The topological polar surface area (TPSA) is 81.5 Å². The van der Waals surface area contributed by atoms with Crippen molar-refractivity contribution in [1.82, 2.24) is 9.80 Å². The molecule has 6 nitrogen and oxygen atoms in total. The molecule has 0 bridgehead atoms. The summed E-state index contributed by atoms with van der Waals surface area (Å²) in [6.07, 6.45) is 3.12. The van der Waals surface area contributed by atoms with E-state index >= 15 is 0 Å². The third-order valence-corrected chi connectivity index (χ3v) is 9.94. The van der Waals surface area contributed by atoms with Crippen molar-refractivity contribution in [2.45, 2.75) is 62.1 Å². The minimum Gasteiger partial charge on any atom is -0.340 e. The second-order valence-electron chi connectivity index (χ2n) is 9.70. The minimum absolute atomic E-state index is 0.217. The van der Waals surface area contributed by atoms with Gasteiger partial charge in [0, 0.05) is 32.7 Å². The van der Waals surface area contributed by atoms with Crippen LogP contribution < -0.4 is 0 Å². The van der Waals surface area contributed by atoms with Crippen LogP contribution in [0.4, 0.5) is 0 Å². The monoisotopic (exact) mass is 479 g/mol. The van der Waals surface area contributed by atoms with Crippen molar-refractivity contribution in [2.75, 3.05) is 26.2 Å². The average molecular weight is 480 g/mol. The van der Waals surface area contributed by atoms with Crippen molar-refractivity contribution in [1.29, 1.82) is 5.26 Å². The molecule has 0 atom stereocenters. The van der Waals surface area contributed by atoms with E-state index in [0.717, 1.165) is 43.5 Å². The Labute approximate surface area is 203 Å². The summed E-state index contributed by atoms with van der Waals surface area (Å²) < 4.78 is 26.6. The molecule has 1 saturated carbocycles. The highest BCUT2D eigenvalue weighted by atomic mass is 32.2. The van der Waals surface area contributed by atoms with Gasteiger partial charge in [0.15, 0.2) is 14.6 Å². The maximum Gasteiger partial charge on any atom is 0.244 e. The number of carbonyl (C=O) groups excluding carboxylic acids is 1. The van der Waals surface area contributed by atoms with Gasteiger partial charge in [0.1, 0.15) is 0 Å². The molecular weight excluding hydrogens is 446 g/mol. The summed E-state index contributed by atoms with van der Waals surface area (Å²) in [6.45, 7) is 7.10. The number of hydrogen-bond acceptors (Lipinski definition) is 5. The highest BCUT2D eigenvalue weighted by Crippen LogP contribution is 2.43. The van der Waals surface area contributed by atoms with E-state index in [-0.39, 0.29) is 5.91 Å². The van der Waals surface area contributed by atoms with Crippen LogP contribution in [-0.2, 0) is 21.2 Å². The fourth-order valence-corrected chi connectivity index (χ4v) is 7.75. The molecule has 180 valence electrons. The van der Waals surface area contributed by atoms with Gasteiger partial charge in [-0.25, -0.2) is 8.42 Å². The van der Waals surface area contributed by atoms with E-state index in [0.29, 0.717) is 48.5 Å². The molecule has 0 aromatic heterocycles. The molecule has 4 rings (SSSR count). The third kappa shape index (κ3) is 4.62. The lowest BCUT2D eigenvalue weighted by molar-refractivity contribution is -0.133. The molecule has 2 fully saturated rings. The zero-order chi connectivity index (χ0) is 24.3. The van der Waals surface area contributed by atoms with E-state index < -0.39 is 14.6 Å². The molecule has 0 N–H and O–H groups in total. The first-order valence-electron chi connectivity index (χ1n) is 12.1. The van der Waals surface area contributed by atoms with Gasteiger partial charge >= 0.3 is 0 Å². The van der Waals surface area contributed by atoms with Crippen molar-refractivity contribution in [3.05, 3.63) is 64.7 Å². The first kappa shape index (κ1) is 24.4. The molecule has 2 aromatic rings. The number of hydrogen-bond donors (Lipinski definition) is 0. The van der Waals surface area contributed by atoms with Crippen molar-refractivity contribution in [3.63, 3.8) is 0 Å². The SMILES string of the molecule is Cc1ccc(C)c(S(=O)(=O)C2(C(=O)N3CCCN(Cc4ccc(C#N)cc4)CC3)CCCC2)c1. The summed E-state index contributed by atoms with van der Waals surface area (Å²) in [5.41, 5.74) is 3.36. The van der Waals surface area contributed by atoms with Crippen molar-refractivity contribution in [3.8, 4) is 6.07 Å². The minimum atomic E-state index is -3.81. The fraction of sp³-hybridized carbons (Fsp3) is 0.481. The lowest BCUT2D eigenvalue weighted by atomic mass is 10.1. The summed E-state index contributed by atoms with van der Waals surface area (Å²) in [6, 6.07) is 15.2. The number of nitrogens with zero attached hydrogens (tertiary/aromatic N) is 3. The van der Waals surface area contributed by atoms with Crippen LogP contribution in [0.1, 0.15) is 54.4 Å². The zero-order valence-corrected chi connectivity index (χ0v) is 20.9. The van der Waals surface area contributed by atoms with Crippen LogP contribution >= 0.6 is 0 Å². The molecule has 1 amide bonds. The van der Waals surface area contributed by atoms with Crippen molar-refractivity contribution < 1.29 is 13.2 Å². The van der Waals surface area contributed by atoms with E-state index in [1.54, 1.807) is 11.0 Å². The number of aryl methyl sites for hydroxylation is 2. The van der Waals surface area contributed by atoms with E-state index in [1.807, 2.05) is 50.2 Å². The van der Waals surface area contributed by atoms with Gasteiger partial charge in [-0.15, -0.1) is 0 Å². The highest BCUT2D eigenvalue weighted by molar-refractivity contribution is 7.93. The Hall–Kier alpha value is -2.69. The molecule has 2 aliphatic rings. The van der Waals surface area contributed by atoms with E-state index in [1.165, 1.54) is 0 Å². The first-order valence-corrected chi connectivity index (χ1v) is 13.6. The van der Waals surface area contributed by atoms with Gasteiger partial charge in [-0.2, -0.15) is 5.26 Å². The molecule has 34 heavy (non-hydrogen) atoms. The fourth-order valence-electron chi connectivity index (χ4n) is 5.31. The number of rotatable bonds is 5. The van der Waals surface area contributed by atoms with Gasteiger partial charge in [-0.05, 0) is 68.0 Å². The molecule has 1 aliphatic heterocycles. The summed E-state index contributed by atoms with van der Waals surface area (Å²) in [5, 5.41) is 9.00. The van der Waals surface area contributed by atoms with Crippen LogP contribution in [0.25, 0.3) is 0 Å². The van der Waals surface area contributed by atoms with Gasteiger partial charge in [-0.3, -0.25) is 9.69 Å². The van der Waals surface area contributed by atoms with Gasteiger partial charge in [0.25, 0.3) is 0 Å². The van der Waals surface area contributed by atoms with Gasteiger partial charge < -0.3 is 4.90 Å². The molecule has 1 heterocycles. The zero-order valence-electron chi connectivity index (χ0n) is 20.1. The maximum atomic E-state index is 14.0. The normalized spacial score (nSPS) is 18.9. The van der Waals surface area contributed by atoms with Crippen molar-refractivity contribution >= 4 is 15.7 Å². The molecule has 1 aliphatic carbocycles. The molecule has 0 unspecified atom stereocenters. The predicted molar refractivity (Wildman–Crippen MR) is 132 cm³/mol. The Morgan fingerprint density at radius 2 is 1.68 bits per heavy atom. The Morgan fingerprint density at radius 1 is 0.971 bits per heavy atom. The van der Waals surface area contributed by atoms with Crippen LogP contribution in [-0.4, -0.2) is 55.1 Å². The average Bonchev–Trinajstić information content (AvgIpc) is 3.24. The first-order chi connectivity index (χ1) is 16.3. The number of benzene rings is 2. The summed E-state index contributed by atoms with van der Waals surface area (Å²) >= 11 is 0. The smallest absolute Gasteiger partial charge is 0.244 e. The second kappa shape index (κ2) is 9.89. The van der Waals surface area contributed by atoms with Gasteiger partial charge in [-0.1, -0.05) is 37.1 Å². The van der Waals surface area contributed by atoms with Gasteiger partial charge in [0.2, 0.25) is 5.91 Å². The van der Waals surface area contributed by atoms with Crippen LogP contribution in [0, 0.1) is 25.2 Å². The number of carbonyl (C=O) groups is 1. The van der Waals surface area contributed by atoms with Crippen LogP contribution in [0.3, 0.4) is 0 Å². The van der Waals surface area contributed by atoms with Gasteiger partial charge in [0.05, 0.1) is 16.5 Å². The summed E-state index contributed by atoms with van der Waals surface area (Å²) in [5.74, 6) is -0.217. The molecule has 0 radical (unpaired) electrons. The standard InChI is InChI=1S/C27H33N3O3S/c1-21-6-7-22(2)25(18-21)34(32,33)27(12-3-4-13-27)26(31)30-15-5-14-29(16-17-30)20-24-10-8-23(19-28)9-11-24/h6-11,18H,3-5,12-17,20H2,1-2H3. The molecule has 1 saturated heterocycles. The number of nitriles is 1. The van der Waals surface area contributed by atoms with E-state index in [4.69, 9.17) is 5.26 Å². The van der Waals surface area contributed by atoms with Crippen LogP contribution in [0.5, 0.6) is 0 Å². The van der Waals surface area contributed by atoms with Crippen LogP contribution in [0.15, 0.2) is 47.4 Å². The largest absolute Gasteiger partial charge is 0.340 e. The Morgan fingerprint density at radius 3 is 2.35 bits per heavy atom. The third-order valence-electron chi connectivity index (χ3n) is 7.31. The maximum absolute atomic E-state index is 14.0. The predicted octanol–water partition coefficient (Wildman–Crippen LogP) is 4.00. The Bertz CT molecular complexity index is 1190. The number of amides is 1.